The number of piperazine rings is 1. The second-order valence-corrected chi connectivity index (χ2v) is 7.44. The number of hydrogen-bond donors (Lipinski definition) is 2. The fourth-order valence-electron chi connectivity index (χ4n) is 3.75. The number of benzene rings is 2. The molecule has 2 N–H and O–H groups in total. The molecule has 0 aliphatic carbocycles. The highest BCUT2D eigenvalue weighted by molar-refractivity contribution is 5.94. The third kappa shape index (κ3) is 5.61. The van der Waals surface area contributed by atoms with Crippen molar-refractivity contribution in [1.29, 1.82) is 0 Å². The molecule has 2 aromatic carbocycles. The Hall–Kier alpha value is -3.39. The molecule has 0 spiro atoms. The molecule has 0 bridgehead atoms. The van der Waals surface area contributed by atoms with E-state index in [0.29, 0.717) is 30.9 Å². The highest BCUT2D eigenvalue weighted by atomic mass is 16.5. The molecule has 164 valence electrons. The van der Waals surface area contributed by atoms with E-state index < -0.39 is 0 Å². The van der Waals surface area contributed by atoms with Gasteiger partial charge in [0.25, 0.3) is 5.91 Å². The van der Waals surface area contributed by atoms with Crippen LogP contribution in [-0.2, 0) is 9.59 Å². The molecule has 1 aliphatic rings. The van der Waals surface area contributed by atoms with E-state index in [1.54, 1.807) is 62.4 Å². The number of carbonyl (C=O) groups excluding carboxylic acids is 3. The van der Waals surface area contributed by atoms with E-state index in [9.17, 15) is 14.4 Å². The highest BCUT2D eigenvalue weighted by Crippen LogP contribution is 2.26. The number of nitrogens with zero attached hydrogens (tertiary/aromatic N) is 2. The molecule has 0 aromatic heterocycles. The van der Waals surface area contributed by atoms with Gasteiger partial charge in [0.15, 0.2) is 0 Å². The number of nitrogens with one attached hydrogen (secondary N) is 2. The van der Waals surface area contributed by atoms with E-state index in [1.165, 1.54) is 0 Å². The third-order valence-electron chi connectivity index (χ3n) is 5.37. The van der Waals surface area contributed by atoms with Gasteiger partial charge in [-0.25, -0.2) is 0 Å². The number of anilines is 1. The van der Waals surface area contributed by atoms with Crippen molar-refractivity contribution in [2.24, 2.45) is 0 Å². The maximum atomic E-state index is 12.6. The fraction of sp³-hybridized carbons (Fsp3) is 0.348. The summed E-state index contributed by atoms with van der Waals surface area (Å²) in [6, 6.07) is 14.2. The Labute approximate surface area is 182 Å². The van der Waals surface area contributed by atoms with Crippen molar-refractivity contribution in [1.82, 2.24) is 15.1 Å². The Bertz CT molecular complexity index is 945. The van der Waals surface area contributed by atoms with Crippen molar-refractivity contribution in [3.05, 3.63) is 59.7 Å². The Kier molecular flexibility index (Phi) is 7.25. The van der Waals surface area contributed by atoms with Crippen LogP contribution in [0.25, 0.3) is 0 Å². The van der Waals surface area contributed by atoms with Crippen molar-refractivity contribution in [2.75, 3.05) is 45.7 Å². The maximum absolute atomic E-state index is 12.6. The van der Waals surface area contributed by atoms with Crippen LogP contribution in [0.2, 0.25) is 0 Å². The van der Waals surface area contributed by atoms with Gasteiger partial charge >= 0.3 is 0 Å². The van der Waals surface area contributed by atoms with Crippen LogP contribution < -0.4 is 15.4 Å². The molecule has 1 atom stereocenters. The van der Waals surface area contributed by atoms with Crippen LogP contribution in [0.1, 0.15) is 28.9 Å². The van der Waals surface area contributed by atoms with Crippen molar-refractivity contribution in [3.8, 4) is 5.75 Å². The summed E-state index contributed by atoms with van der Waals surface area (Å²) in [7, 11) is 3.18. The van der Waals surface area contributed by atoms with Crippen LogP contribution in [0.15, 0.2) is 48.5 Å². The van der Waals surface area contributed by atoms with Gasteiger partial charge < -0.3 is 20.3 Å². The molecule has 2 aromatic rings. The van der Waals surface area contributed by atoms with Gasteiger partial charge in [-0.05, 0) is 42.0 Å². The molecule has 1 aliphatic heterocycles. The van der Waals surface area contributed by atoms with Gasteiger partial charge in [0.2, 0.25) is 11.8 Å². The fourth-order valence-corrected chi connectivity index (χ4v) is 3.75. The molecule has 1 heterocycles. The molecular formula is C23H28N4O4. The Balaban J connectivity index is 1.70. The zero-order valence-electron chi connectivity index (χ0n) is 18.1. The number of carbonyl (C=O) groups is 3. The molecule has 3 amide bonds. The molecule has 0 unspecified atom stereocenters. The lowest BCUT2D eigenvalue weighted by molar-refractivity contribution is -0.134. The van der Waals surface area contributed by atoms with Gasteiger partial charge in [0.1, 0.15) is 5.75 Å². The number of methoxy groups -OCH3 is 1. The summed E-state index contributed by atoms with van der Waals surface area (Å²) in [6.07, 6.45) is 0. The second-order valence-electron chi connectivity index (χ2n) is 7.44. The average molecular weight is 425 g/mol. The predicted octanol–water partition coefficient (Wildman–Crippen LogP) is 1.90. The normalized spacial score (nSPS) is 16.5. The first-order valence-corrected chi connectivity index (χ1v) is 10.2. The molecule has 0 radical (unpaired) electrons. The zero-order chi connectivity index (χ0) is 22.4. The summed E-state index contributed by atoms with van der Waals surface area (Å²) < 4.78 is 5.13. The van der Waals surface area contributed by atoms with Gasteiger partial charge in [-0.1, -0.05) is 12.1 Å². The molecule has 3 rings (SSSR count). The van der Waals surface area contributed by atoms with Crippen LogP contribution in [0.4, 0.5) is 5.69 Å². The molecule has 8 nitrogen and oxygen atoms in total. The molecule has 31 heavy (non-hydrogen) atoms. The van der Waals surface area contributed by atoms with E-state index in [2.05, 4.69) is 10.6 Å². The lowest BCUT2D eigenvalue weighted by Crippen LogP contribution is -2.51. The number of ether oxygens (including phenoxy) is 1. The summed E-state index contributed by atoms with van der Waals surface area (Å²) in [4.78, 5) is 40.6. The topological polar surface area (TPSA) is 91.0 Å². The summed E-state index contributed by atoms with van der Waals surface area (Å²) in [5.74, 6) is 0.389. The minimum absolute atomic E-state index is 0.0299. The zero-order valence-corrected chi connectivity index (χ0v) is 18.1. The summed E-state index contributed by atoms with van der Waals surface area (Å²) in [6.45, 7) is 3.37. The SMILES string of the molecule is CNC(=O)c1cccc([C@@H]2CN(CC(=O)Nc3ccc(OC)cc3)CCN2C(C)=O)c1. The average Bonchev–Trinajstić information content (AvgIpc) is 2.78. The first-order chi connectivity index (χ1) is 14.9. The standard InChI is InChI=1S/C23H28N4O4/c1-16(28)27-12-11-26(15-22(29)25-19-7-9-20(31-3)10-8-19)14-21(27)17-5-4-6-18(13-17)23(30)24-2/h4-10,13,21H,11-12,14-15H2,1-3H3,(H,24,30)(H,25,29)/t21-/m0/s1. The number of amides is 3. The van der Waals surface area contributed by atoms with E-state index in [0.717, 1.165) is 11.3 Å². The minimum Gasteiger partial charge on any atom is -0.497 e. The van der Waals surface area contributed by atoms with Crippen LogP contribution in [0.3, 0.4) is 0 Å². The van der Waals surface area contributed by atoms with Crippen molar-refractivity contribution in [3.63, 3.8) is 0 Å². The summed E-state index contributed by atoms with van der Waals surface area (Å²) in [5, 5.41) is 5.51. The summed E-state index contributed by atoms with van der Waals surface area (Å²) >= 11 is 0. The van der Waals surface area contributed by atoms with Crippen molar-refractivity contribution >= 4 is 23.4 Å². The Morgan fingerprint density at radius 1 is 1.10 bits per heavy atom. The van der Waals surface area contributed by atoms with E-state index >= 15 is 0 Å². The first-order valence-electron chi connectivity index (χ1n) is 10.2. The quantitative estimate of drug-likeness (QED) is 0.739. The summed E-state index contributed by atoms with van der Waals surface area (Å²) in [5.41, 5.74) is 2.11. The van der Waals surface area contributed by atoms with Crippen molar-refractivity contribution in [2.45, 2.75) is 13.0 Å². The maximum Gasteiger partial charge on any atom is 0.251 e. The predicted molar refractivity (Wildman–Crippen MR) is 118 cm³/mol. The monoisotopic (exact) mass is 424 g/mol. The third-order valence-corrected chi connectivity index (χ3v) is 5.37. The molecule has 1 saturated heterocycles. The van der Waals surface area contributed by atoms with Gasteiger partial charge in [-0.3, -0.25) is 19.3 Å². The minimum atomic E-state index is -0.232. The van der Waals surface area contributed by atoms with E-state index in [4.69, 9.17) is 4.74 Å². The lowest BCUT2D eigenvalue weighted by atomic mass is 9.99. The smallest absolute Gasteiger partial charge is 0.251 e. The van der Waals surface area contributed by atoms with Crippen LogP contribution in [-0.4, -0.2) is 67.9 Å². The molecule has 0 saturated carbocycles. The van der Waals surface area contributed by atoms with Gasteiger partial charge in [0, 0.05) is 44.9 Å². The van der Waals surface area contributed by atoms with Gasteiger partial charge in [-0.15, -0.1) is 0 Å². The van der Waals surface area contributed by atoms with Crippen LogP contribution in [0.5, 0.6) is 5.75 Å². The highest BCUT2D eigenvalue weighted by Gasteiger charge is 2.31. The first kappa shape index (κ1) is 22.3. The molecule has 1 fully saturated rings. The van der Waals surface area contributed by atoms with Gasteiger partial charge in [0.05, 0.1) is 19.7 Å². The number of rotatable bonds is 6. The lowest BCUT2D eigenvalue weighted by Gasteiger charge is -2.41. The second kappa shape index (κ2) is 10.1. The number of hydrogen-bond acceptors (Lipinski definition) is 5. The molecular weight excluding hydrogens is 396 g/mol. The van der Waals surface area contributed by atoms with E-state index in [1.807, 2.05) is 17.0 Å². The Morgan fingerprint density at radius 2 is 1.84 bits per heavy atom. The van der Waals surface area contributed by atoms with Gasteiger partial charge in [-0.2, -0.15) is 0 Å². The largest absolute Gasteiger partial charge is 0.497 e. The Morgan fingerprint density at radius 3 is 2.48 bits per heavy atom. The van der Waals surface area contributed by atoms with Crippen LogP contribution >= 0.6 is 0 Å². The van der Waals surface area contributed by atoms with E-state index in [-0.39, 0.29) is 30.3 Å². The molecule has 8 heteroatoms. The van der Waals surface area contributed by atoms with Crippen molar-refractivity contribution < 1.29 is 19.1 Å². The van der Waals surface area contributed by atoms with Crippen LogP contribution in [0, 0.1) is 0 Å².